The highest BCUT2D eigenvalue weighted by Crippen LogP contribution is 2.29. The molecule has 34 heavy (non-hydrogen) atoms. The summed E-state index contributed by atoms with van der Waals surface area (Å²) in [6.07, 6.45) is 4.20. The molecule has 0 unspecified atom stereocenters. The number of aryl methyl sites for hydroxylation is 1. The lowest BCUT2D eigenvalue weighted by atomic mass is 10.0. The van der Waals surface area contributed by atoms with Crippen molar-refractivity contribution < 1.29 is 23.1 Å². The zero-order valence-corrected chi connectivity index (χ0v) is 19.7. The Hall–Kier alpha value is -3.72. The molecule has 0 amide bonds. The van der Waals surface area contributed by atoms with Crippen molar-refractivity contribution in [3.63, 3.8) is 0 Å². The van der Waals surface area contributed by atoms with Crippen LogP contribution in [0.2, 0.25) is 0 Å². The number of aromatic nitrogens is 3. The van der Waals surface area contributed by atoms with Crippen LogP contribution >= 0.6 is 0 Å². The fourth-order valence-corrected chi connectivity index (χ4v) is 4.59. The Bertz CT molecular complexity index is 1450. The molecule has 0 radical (unpaired) electrons. The summed E-state index contributed by atoms with van der Waals surface area (Å²) in [5.41, 5.74) is 4.73. The molecular weight excluding hydrogens is 454 g/mol. The number of aromatic carboxylic acids is 1. The third kappa shape index (κ3) is 5.43. The van der Waals surface area contributed by atoms with Crippen LogP contribution in [0, 0.1) is 0 Å². The first-order chi connectivity index (χ1) is 16.2. The normalized spacial score (nSPS) is 11.6. The van der Waals surface area contributed by atoms with Gasteiger partial charge in [-0.3, -0.25) is 0 Å². The summed E-state index contributed by atoms with van der Waals surface area (Å²) < 4.78 is 30.1. The molecule has 3 aromatic heterocycles. The first-order valence-electron chi connectivity index (χ1n) is 10.7. The van der Waals surface area contributed by atoms with E-state index in [4.69, 9.17) is 9.84 Å². The Morgan fingerprint density at radius 3 is 2.56 bits per heavy atom. The van der Waals surface area contributed by atoms with E-state index in [1.807, 2.05) is 48.5 Å². The van der Waals surface area contributed by atoms with Crippen LogP contribution in [-0.2, 0) is 22.7 Å². The standard InChI is InChI=1S/C25H25N3O5S/c1-33-20-10-11-23-21(24(27-28(23)16-20)18-8-4-3-5-9-18)15-19-13-17(7-6-12-34(2,31)32)14-22(26-19)25(29)30/h3-5,8-11,13-14,16H,6-7,12,15H2,1-2H3,(H,29,30). The molecule has 1 N–H and O–H groups in total. The van der Waals surface area contributed by atoms with Gasteiger partial charge in [0.2, 0.25) is 0 Å². The Morgan fingerprint density at radius 1 is 1.12 bits per heavy atom. The van der Waals surface area contributed by atoms with E-state index in [2.05, 4.69) is 4.98 Å². The van der Waals surface area contributed by atoms with E-state index in [9.17, 15) is 18.3 Å². The molecule has 0 saturated carbocycles. The second-order valence-electron chi connectivity index (χ2n) is 8.16. The number of hydrogen-bond acceptors (Lipinski definition) is 6. The average molecular weight is 480 g/mol. The van der Waals surface area contributed by atoms with Crippen LogP contribution in [0.15, 0.2) is 60.8 Å². The molecular formula is C25H25N3O5S. The predicted octanol–water partition coefficient (Wildman–Crippen LogP) is 3.67. The molecule has 0 saturated heterocycles. The molecule has 0 fully saturated rings. The highest BCUT2D eigenvalue weighted by Gasteiger charge is 2.18. The lowest BCUT2D eigenvalue weighted by Gasteiger charge is -2.09. The fraction of sp³-hybridized carbons (Fsp3) is 0.240. The largest absolute Gasteiger partial charge is 0.495 e. The predicted molar refractivity (Wildman–Crippen MR) is 129 cm³/mol. The van der Waals surface area contributed by atoms with Gasteiger partial charge in [0.15, 0.2) is 0 Å². The highest BCUT2D eigenvalue weighted by molar-refractivity contribution is 7.90. The maximum atomic E-state index is 11.7. The van der Waals surface area contributed by atoms with Crippen molar-refractivity contribution in [3.05, 3.63) is 83.3 Å². The van der Waals surface area contributed by atoms with E-state index < -0.39 is 15.8 Å². The van der Waals surface area contributed by atoms with Crippen LogP contribution in [0.3, 0.4) is 0 Å². The molecule has 1 aromatic carbocycles. The smallest absolute Gasteiger partial charge is 0.354 e. The van der Waals surface area contributed by atoms with Crippen molar-refractivity contribution in [2.75, 3.05) is 19.1 Å². The van der Waals surface area contributed by atoms with E-state index in [0.29, 0.717) is 30.7 Å². The van der Waals surface area contributed by atoms with E-state index in [-0.39, 0.29) is 11.4 Å². The molecule has 0 aliphatic rings. The summed E-state index contributed by atoms with van der Waals surface area (Å²) in [6.45, 7) is 0. The first kappa shape index (κ1) is 23.4. The minimum Gasteiger partial charge on any atom is -0.495 e. The molecule has 4 rings (SSSR count). The third-order valence-corrected chi connectivity index (χ3v) is 6.51. The van der Waals surface area contributed by atoms with Gasteiger partial charge in [-0.2, -0.15) is 5.10 Å². The minimum absolute atomic E-state index is 0.0428. The number of nitrogens with zero attached hydrogens (tertiary/aromatic N) is 3. The van der Waals surface area contributed by atoms with Crippen LogP contribution in [0.1, 0.15) is 33.7 Å². The van der Waals surface area contributed by atoms with Crippen LogP contribution < -0.4 is 4.74 Å². The summed E-state index contributed by atoms with van der Waals surface area (Å²) in [6, 6.07) is 16.9. The quantitative estimate of drug-likeness (QED) is 0.390. The van der Waals surface area contributed by atoms with E-state index in [0.717, 1.165) is 27.9 Å². The van der Waals surface area contributed by atoms with Crippen LogP contribution in [0.5, 0.6) is 5.75 Å². The first-order valence-corrected chi connectivity index (χ1v) is 12.8. The highest BCUT2D eigenvalue weighted by atomic mass is 32.2. The van der Waals surface area contributed by atoms with Crippen molar-refractivity contribution in [3.8, 4) is 17.0 Å². The van der Waals surface area contributed by atoms with Gasteiger partial charge in [0.1, 0.15) is 21.3 Å². The van der Waals surface area contributed by atoms with Gasteiger partial charge in [-0.1, -0.05) is 30.3 Å². The van der Waals surface area contributed by atoms with Crippen LogP contribution in [0.25, 0.3) is 16.8 Å². The lowest BCUT2D eigenvalue weighted by molar-refractivity contribution is 0.0690. The molecule has 9 heteroatoms. The van der Waals surface area contributed by atoms with Gasteiger partial charge in [-0.15, -0.1) is 0 Å². The molecule has 176 valence electrons. The van der Waals surface area contributed by atoms with Crippen molar-refractivity contribution in [2.24, 2.45) is 0 Å². The number of benzene rings is 1. The monoisotopic (exact) mass is 479 g/mol. The van der Waals surface area contributed by atoms with Crippen molar-refractivity contribution in [1.82, 2.24) is 14.6 Å². The number of sulfone groups is 1. The zero-order chi connectivity index (χ0) is 24.3. The van der Waals surface area contributed by atoms with Crippen LogP contribution in [0.4, 0.5) is 0 Å². The number of pyridine rings is 2. The molecule has 0 aliphatic heterocycles. The summed E-state index contributed by atoms with van der Waals surface area (Å²) in [7, 11) is -1.50. The number of ether oxygens (including phenoxy) is 1. The third-order valence-electron chi connectivity index (χ3n) is 5.48. The Labute approximate surface area is 197 Å². The molecule has 0 spiro atoms. The number of rotatable bonds is 9. The van der Waals surface area contributed by atoms with E-state index in [1.54, 1.807) is 17.8 Å². The Kier molecular flexibility index (Phi) is 6.65. The van der Waals surface area contributed by atoms with Gasteiger partial charge in [0.05, 0.1) is 30.3 Å². The van der Waals surface area contributed by atoms with E-state index >= 15 is 0 Å². The fourth-order valence-electron chi connectivity index (χ4n) is 3.92. The topological polar surface area (TPSA) is 111 Å². The second-order valence-corrected chi connectivity index (χ2v) is 10.4. The molecule has 3 heterocycles. The molecule has 8 nitrogen and oxygen atoms in total. The number of fused-ring (bicyclic) bond motifs is 1. The average Bonchev–Trinajstić information content (AvgIpc) is 3.16. The lowest BCUT2D eigenvalue weighted by Crippen LogP contribution is -2.08. The van der Waals surface area contributed by atoms with Gasteiger partial charge in [-0.05, 0) is 42.7 Å². The molecule has 0 aliphatic carbocycles. The van der Waals surface area contributed by atoms with Gasteiger partial charge < -0.3 is 9.84 Å². The molecule has 0 bridgehead atoms. The van der Waals surface area contributed by atoms with Crippen LogP contribution in [-0.4, -0.2) is 53.2 Å². The number of carbonyl (C=O) groups is 1. The summed E-state index contributed by atoms with van der Waals surface area (Å²) in [5, 5.41) is 14.4. The molecule has 0 atom stereocenters. The van der Waals surface area contributed by atoms with Gasteiger partial charge in [-0.25, -0.2) is 22.7 Å². The summed E-state index contributed by atoms with van der Waals surface area (Å²) in [5.74, 6) is -0.416. The number of carboxylic acid groups (broad SMARTS) is 1. The van der Waals surface area contributed by atoms with Gasteiger partial charge in [0.25, 0.3) is 0 Å². The van der Waals surface area contributed by atoms with E-state index in [1.165, 1.54) is 12.3 Å². The van der Waals surface area contributed by atoms with Gasteiger partial charge >= 0.3 is 5.97 Å². The minimum atomic E-state index is -3.09. The summed E-state index contributed by atoms with van der Waals surface area (Å²) in [4.78, 5) is 16.1. The van der Waals surface area contributed by atoms with Crippen molar-refractivity contribution in [1.29, 1.82) is 0 Å². The van der Waals surface area contributed by atoms with Crippen molar-refractivity contribution >= 4 is 21.3 Å². The Morgan fingerprint density at radius 2 is 1.88 bits per heavy atom. The zero-order valence-electron chi connectivity index (χ0n) is 18.9. The maximum absolute atomic E-state index is 11.7. The molecule has 4 aromatic rings. The summed E-state index contributed by atoms with van der Waals surface area (Å²) >= 11 is 0. The number of hydrogen-bond donors (Lipinski definition) is 1. The van der Waals surface area contributed by atoms with Crippen molar-refractivity contribution in [2.45, 2.75) is 19.3 Å². The number of methoxy groups -OCH3 is 1. The number of carboxylic acids is 1. The SMILES string of the molecule is COc1ccc2c(Cc3cc(CCCS(C)(=O)=O)cc(C(=O)O)n3)c(-c3ccccc3)nn2c1. The second kappa shape index (κ2) is 9.64. The maximum Gasteiger partial charge on any atom is 0.354 e. The van der Waals surface area contributed by atoms with Gasteiger partial charge in [0, 0.05) is 29.5 Å². The Balaban J connectivity index is 1.77.